The van der Waals surface area contributed by atoms with Crippen molar-refractivity contribution in [2.24, 2.45) is 63.2 Å². The van der Waals surface area contributed by atoms with Crippen LogP contribution in [0, 0.1) is 64.7 Å². The van der Waals surface area contributed by atoms with Gasteiger partial charge < -0.3 is 83.7 Å². The zero-order valence-corrected chi connectivity index (χ0v) is 86.4. The Bertz CT molecular complexity index is 5910. The van der Waals surface area contributed by atoms with Gasteiger partial charge in [-0.15, -0.1) is 0 Å². The van der Waals surface area contributed by atoms with E-state index in [1.54, 1.807) is 19.3 Å². The normalized spacial score (nSPS) is 23.4. The van der Waals surface area contributed by atoms with Crippen LogP contribution in [0.25, 0.3) is 27.8 Å². The maximum atomic E-state index is 14.2. The number of carboxylic acid groups (broad SMARTS) is 1. The molecule has 8 fully saturated rings. The Labute approximate surface area is 863 Å². The molecule has 3 saturated carbocycles. The molecule has 9 aliphatic heterocycles. The van der Waals surface area contributed by atoms with Crippen LogP contribution in [0.2, 0.25) is 0 Å². The standard InChI is InChI=1S/C38H52N6O2.C19H20FNO3.C12H8I.C9H5N3O2.C9H19NO2.C6H8N2O2.C6H13NO2.C6H11NO2.C4H7NO2.ClH/c1-26-22-31-29-9-8-27-23-28(45)10-12-37(27,2)30(29)11-13-38(31,3)35(26)32(46)25-41-18-20-43(21-19-41)34-24-33(42-14-4-5-15-42)39-36(40-34)44-16-6-7-17-44;20-15-3-1-13(2-4-15)17-7-8-21-10-14(17)11-22-16-5-6-18-19(9-16)24-12-23-18;1-3-7-11-9(5-1)10-6-2-4-8-12(10)13-11;13-9-12-7-4-2-1-3-6(7)10-5-8(12)11-14-9;10-8-9(6-7-12-11)4-2-1-3-5-9;9-6-4-1-2-7-3-5(4)10-8-6;2*8-9-5-6-1-3-7-4-2-6;5-3-1-2-4(6)7;/h10-12,23-24,26,29,31,35H,4-9,13-22,25H2,1-3H3;1-6,9,14,17,21H,7-8,10-12H2;1-8H;1-5H;11H,1-8,10H2;7H,1-3H2,(H,8,9);6-8H,1-5H2;1,7-8H,2-5H2;1-2H,3,5H2,(H,6,7);1H/q;;-1;;;;;;;/p-1/b;;;;;;;;2-1+;/t26-,29-,31+,35-,37+,38+;14-,17-;;;;;;;;/m10......../s1. The molecule has 23 rings (SSSR count). The summed E-state index contributed by atoms with van der Waals surface area (Å²) in [6.07, 6.45) is 35.6. The molecule has 0 radical (unpaired) electrons. The van der Waals surface area contributed by atoms with Crippen molar-refractivity contribution < 1.29 is 111 Å². The summed E-state index contributed by atoms with van der Waals surface area (Å²) in [7, 11) is 0. The van der Waals surface area contributed by atoms with Crippen LogP contribution in [0.15, 0.2) is 205 Å². The third-order valence-corrected chi connectivity index (χ3v) is 33.6. The number of ketones is 2. The number of ether oxygens (including phenoxy) is 3. The van der Waals surface area contributed by atoms with Gasteiger partial charge in [0.15, 0.2) is 28.8 Å². The van der Waals surface area contributed by atoms with Crippen LogP contribution in [0.5, 0.6) is 17.2 Å². The van der Waals surface area contributed by atoms with E-state index in [2.05, 4.69) is 163 Å². The summed E-state index contributed by atoms with van der Waals surface area (Å²) < 4.78 is 43.8. The molecule has 784 valence electrons. The van der Waals surface area contributed by atoms with Gasteiger partial charge in [-0.1, -0.05) is 98.0 Å². The van der Waals surface area contributed by atoms with E-state index in [0.717, 1.165) is 227 Å². The maximum absolute atomic E-state index is 14.2. The van der Waals surface area contributed by atoms with Crippen molar-refractivity contribution in [3.05, 3.63) is 238 Å². The average Bonchev–Trinajstić information content (AvgIpc) is 1.58. The summed E-state index contributed by atoms with van der Waals surface area (Å²) in [5.41, 5.74) is 21.5. The monoisotopic (exact) mass is 2130 g/mol. The molecule has 0 unspecified atom stereocenters. The van der Waals surface area contributed by atoms with Crippen LogP contribution in [0.3, 0.4) is 0 Å². The van der Waals surface area contributed by atoms with Gasteiger partial charge in [-0.05, 0) is 249 Å². The first kappa shape index (κ1) is 110. The van der Waals surface area contributed by atoms with E-state index in [0.29, 0.717) is 92.0 Å². The number of allylic oxidation sites excluding steroid dienone is 6. The number of nitrogens with zero attached hydrogens (tertiary/aromatic N) is 9. The Morgan fingerprint density at radius 2 is 1.39 bits per heavy atom. The van der Waals surface area contributed by atoms with Crippen LogP contribution in [0.4, 0.5) is 22.0 Å². The number of piperazine rings is 1. The molecule has 33 nitrogen and oxygen atoms in total. The minimum absolute atomic E-state index is 0. The van der Waals surface area contributed by atoms with E-state index in [4.69, 9.17) is 61.0 Å². The Morgan fingerprint density at radius 3 is 2.06 bits per heavy atom. The van der Waals surface area contributed by atoms with E-state index in [-0.39, 0.29) is 86.3 Å². The second-order valence-electron chi connectivity index (χ2n) is 39.9. The first-order valence-electron chi connectivity index (χ1n) is 51.3. The number of halogens is 3. The van der Waals surface area contributed by atoms with Gasteiger partial charge in [-0.3, -0.25) is 44.6 Å². The third kappa shape index (κ3) is 28.9. The summed E-state index contributed by atoms with van der Waals surface area (Å²) in [4.78, 5) is 94.2. The van der Waals surface area contributed by atoms with Crippen molar-refractivity contribution in [3.63, 3.8) is 0 Å². The number of nitrogens with one attached hydrogen (secondary N) is 5. The van der Waals surface area contributed by atoms with E-state index in [9.17, 15) is 28.4 Å². The molecule has 9 aromatic rings. The van der Waals surface area contributed by atoms with E-state index < -0.39 is 11.7 Å². The zero-order valence-electron chi connectivity index (χ0n) is 83.5. The van der Waals surface area contributed by atoms with Gasteiger partial charge in [0.25, 0.3) is 5.56 Å². The number of hydrogen-bond donors (Lipinski definition) is 11. The number of rotatable bonds is 20. The van der Waals surface area contributed by atoms with Crippen LogP contribution < -0.4 is 107 Å². The molecule has 0 spiro atoms. The topological polar surface area (TPSA) is 433 Å². The predicted octanol–water partition coefficient (Wildman–Crippen LogP) is 8.27. The Morgan fingerprint density at radius 1 is 0.697 bits per heavy atom. The van der Waals surface area contributed by atoms with Crippen LogP contribution in [0.1, 0.15) is 159 Å². The van der Waals surface area contributed by atoms with Crippen molar-refractivity contribution >= 4 is 51.8 Å². The van der Waals surface area contributed by atoms with Gasteiger partial charge in [0.05, 0.1) is 55.7 Å². The number of fused-ring (bicyclic) bond motifs is 13. The van der Waals surface area contributed by atoms with Gasteiger partial charge in [0.2, 0.25) is 18.4 Å². The van der Waals surface area contributed by atoms with Gasteiger partial charge in [0, 0.05) is 107 Å². The summed E-state index contributed by atoms with van der Waals surface area (Å²) in [5, 5.41) is 51.1. The Balaban J connectivity index is 0.000000141. The van der Waals surface area contributed by atoms with Crippen molar-refractivity contribution in [1.82, 2.24) is 55.8 Å². The summed E-state index contributed by atoms with van der Waals surface area (Å²) in [6, 6.07) is 39.6. The van der Waals surface area contributed by atoms with Gasteiger partial charge in [-0.25, -0.2) is 33.0 Å². The van der Waals surface area contributed by atoms with Gasteiger partial charge in [0.1, 0.15) is 29.8 Å². The van der Waals surface area contributed by atoms with Crippen molar-refractivity contribution in [2.45, 2.75) is 155 Å². The Kier molecular flexibility index (Phi) is 41.4. The number of Topliss-reactive ketones (excluding diaryl/α,β-unsaturated/α-hetero) is 1. The first-order valence-corrected chi connectivity index (χ1v) is 53.5. The molecule has 8 atom stereocenters. The molecule has 14 aliphatic rings. The molecule has 5 aromatic carbocycles. The number of aromatic amines is 1. The number of para-hydroxylation sites is 2. The molecule has 145 heavy (non-hydrogen) atoms. The molecule has 0 amide bonds. The molecule has 0 bridgehead atoms. The number of nitrogens with two attached hydrogens (primary N) is 2. The fourth-order valence-corrected chi connectivity index (χ4v) is 25.7. The fraction of sp³-hybridized carbons (Fsp3) is 0.514. The SMILES string of the molecule is C[C@@H]1C[C@H]2[C@@H]3CCC4=CC(=O)C=C[C@]4(C)C3=CC[C@]2(C)[C@H]1C(=O)CN1CCN(c2cc(N3CCCC3)nc(N3CCCC3)n2)CC1.Fc1ccc([C@@H]2CCNC[C@H]2COc2ccc3c(c2)OCO3)cc1.NC/C=C/C(=O)O.NCC1(CCOO)CCCCC1.O=c1[nH]oc2c1CCNC2.O=c1onc2cnc3ccccc3n12.OOCC1=CCNCC1.OOCC1CCNCC1.[Cl-].c1ccc2c(c1)[I-]c1ccccc1-2. The number of benzene rings is 5. The van der Waals surface area contributed by atoms with Crippen LogP contribution in [-0.2, 0) is 42.0 Å². The number of carboxylic acids is 1. The average molecular weight is 2130 g/mol. The molecule has 5 saturated heterocycles. The fourth-order valence-electron chi connectivity index (χ4n) is 22.8. The number of aliphatic carboxylic acids is 1. The van der Waals surface area contributed by atoms with Gasteiger partial charge in [-0.2, -0.15) is 15.1 Å². The number of H-pyrrole nitrogens is 1. The van der Waals surface area contributed by atoms with E-state index in [1.165, 1.54) is 120 Å². The number of aromatic nitrogens is 6. The summed E-state index contributed by atoms with van der Waals surface area (Å²) >= 11 is 0.103. The first-order chi connectivity index (χ1) is 70.2. The van der Waals surface area contributed by atoms with Crippen molar-refractivity contribution in [1.29, 1.82) is 0 Å². The molecule has 13 heterocycles. The number of hydrogen-bond acceptors (Lipinski definition) is 30. The second kappa shape index (κ2) is 54.5. The Hall–Kier alpha value is -10.5. The van der Waals surface area contributed by atoms with Crippen molar-refractivity contribution in [3.8, 4) is 28.4 Å². The van der Waals surface area contributed by atoms with Gasteiger partial charge >= 0.3 is 99.7 Å². The molecule has 5 aliphatic carbocycles. The minimum atomic E-state index is -0.953. The number of anilines is 3. The van der Waals surface area contributed by atoms with E-state index >= 15 is 0 Å². The number of carbonyl (C=O) groups excluding carboxylic acids is 2. The number of carbonyl (C=O) groups is 3. The molecular weight excluding hydrogens is 1990 g/mol. The van der Waals surface area contributed by atoms with E-state index in [1.807, 2.05) is 60.7 Å². The molecular formula is C109H143ClFIN16O17-2. The summed E-state index contributed by atoms with van der Waals surface area (Å²) in [6.45, 7) is 26.1. The van der Waals surface area contributed by atoms with Crippen molar-refractivity contribution in [2.75, 3.05) is 166 Å². The zero-order chi connectivity index (χ0) is 101. The molecule has 13 N–H and O–H groups in total. The quantitative estimate of drug-likeness (QED) is 0.0112. The third-order valence-electron chi connectivity index (χ3n) is 30.6. The van der Waals surface area contributed by atoms with Crippen LogP contribution in [-0.4, -0.2) is 224 Å². The predicted molar refractivity (Wildman–Crippen MR) is 546 cm³/mol. The summed E-state index contributed by atoms with van der Waals surface area (Å²) in [5.74, 6) is 7.81. The number of piperidine rings is 2. The van der Waals surface area contributed by atoms with Crippen LogP contribution >= 0.6 is 0 Å². The molecule has 36 heteroatoms. The second-order valence-corrected chi connectivity index (χ2v) is 42.7. The molecule has 4 aromatic heterocycles.